The number of benzene rings is 2. The third-order valence-electron chi connectivity index (χ3n) is 4.19. The topological polar surface area (TPSA) is 82.6 Å². The molecule has 0 bridgehead atoms. The zero-order valence-corrected chi connectivity index (χ0v) is 17.4. The molecular formula is C21H23N3O4S. The number of rotatable bonds is 9. The monoisotopic (exact) mass is 413 g/mol. The predicted molar refractivity (Wildman–Crippen MR) is 112 cm³/mol. The van der Waals surface area contributed by atoms with Crippen molar-refractivity contribution in [1.82, 2.24) is 10.2 Å². The third kappa shape index (κ3) is 5.45. The van der Waals surface area contributed by atoms with Crippen LogP contribution in [0.2, 0.25) is 0 Å². The van der Waals surface area contributed by atoms with Crippen LogP contribution in [0.3, 0.4) is 0 Å². The Morgan fingerprint density at radius 1 is 1.07 bits per heavy atom. The van der Waals surface area contributed by atoms with Crippen LogP contribution < -0.4 is 19.5 Å². The number of nitrogens with one attached hydrogen (secondary N) is 1. The lowest BCUT2D eigenvalue weighted by Crippen LogP contribution is -2.32. The highest BCUT2D eigenvalue weighted by Gasteiger charge is 2.20. The van der Waals surface area contributed by atoms with Gasteiger partial charge in [-0.1, -0.05) is 42.5 Å². The fourth-order valence-corrected chi connectivity index (χ4v) is 3.49. The van der Waals surface area contributed by atoms with E-state index in [9.17, 15) is 4.79 Å². The number of amides is 1. The smallest absolute Gasteiger partial charge is 0.267 e. The molecule has 1 amide bonds. The largest absolute Gasteiger partial charge is 0.493 e. The molecule has 0 saturated carbocycles. The molecule has 0 spiro atoms. The second-order valence-corrected chi connectivity index (χ2v) is 7.25. The minimum absolute atomic E-state index is 0.245. The number of nitrogens with zero attached hydrogens (tertiary/aromatic N) is 2. The van der Waals surface area contributed by atoms with Crippen LogP contribution in [0.15, 0.2) is 48.5 Å². The van der Waals surface area contributed by atoms with Crippen molar-refractivity contribution in [3.8, 4) is 17.2 Å². The lowest BCUT2D eigenvalue weighted by molar-refractivity contribution is -0.122. The van der Waals surface area contributed by atoms with E-state index in [1.807, 2.05) is 55.5 Å². The molecule has 0 saturated heterocycles. The van der Waals surface area contributed by atoms with Crippen molar-refractivity contribution in [2.75, 3.05) is 19.5 Å². The Morgan fingerprint density at radius 2 is 1.83 bits per heavy atom. The zero-order chi connectivity index (χ0) is 20.6. The molecule has 3 aromatic rings. The number of hydrogen-bond donors (Lipinski definition) is 1. The van der Waals surface area contributed by atoms with Gasteiger partial charge in [-0.05, 0) is 36.2 Å². The number of carbonyl (C=O) groups is 1. The molecule has 0 fully saturated rings. The molecule has 1 aromatic heterocycles. The molecule has 0 unspecified atom stereocenters. The molecule has 1 atom stereocenters. The fraction of sp³-hybridized carbons (Fsp3) is 0.286. The highest BCUT2D eigenvalue weighted by atomic mass is 32.1. The van der Waals surface area contributed by atoms with Crippen molar-refractivity contribution < 1.29 is 19.0 Å². The summed E-state index contributed by atoms with van der Waals surface area (Å²) in [6.07, 6.45) is 0.513. The van der Waals surface area contributed by atoms with Crippen molar-refractivity contribution in [2.45, 2.75) is 25.9 Å². The molecule has 3 rings (SSSR count). The summed E-state index contributed by atoms with van der Waals surface area (Å²) < 4.78 is 16.4. The van der Waals surface area contributed by atoms with Gasteiger partial charge in [-0.25, -0.2) is 0 Å². The quantitative estimate of drug-likeness (QED) is 0.572. The normalized spacial score (nSPS) is 11.6. The molecule has 152 valence electrons. The van der Waals surface area contributed by atoms with E-state index in [2.05, 4.69) is 15.5 Å². The maximum atomic E-state index is 12.5. The standard InChI is InChI=1S/C21H23N3O4S/c1-4-16(28-15-8-6-5-7-9-15)20(25)22-21-24-23-19(29-21)13-14-10-11-17(26-2)18(12-14)27-3/h5-12,16H,4,13H2,1-3H3,(H,22,24,25)/t16-/m1/s1. The summed E-state index contributed by atoms with van der Waals surface area (Å²) in [4.78, 5) is 12.5. The Balaban J connectivity index is 1.63. The van der Waals surface area contributed by atoms with Crippen LogP contribution in [-0.2, 0) is 11.2 Å². The number of anilines is 1. The number of ether oxygens (including phenoxy) is 3. The highest BCUT2D eigenvalue weighted by Crippen LogP contribution is 2.29. The first kappa shape index (κ1) is 20.6. The second-order valence-electron chi connectivity index (χ2n) is 6.18. The van der Waals surface area contributed by atoms with Crippen molar-refractivity contribution in [3.05, 3.63) is 59.1 Å². The Bertz CT molecular complexity index is 946. The van der Waals surface area contributed by atoms with Gasteiger partial charge in [-0.15, -0.1) is 10.2 Å². The minimum Gasteiger partial charge on any atom is -0.493 e. The first-order chi connectivity index (χ1) is 14.1. The lowest BCUT2D eigenvalue weighted by Gasteiger charge is -2.16. The maximum absolute atomic E-state index is 12.5. The number of hydrogen-bond acceptors (Lipinski definition) is 7. The van der Waals surface area contributed by atoms with E-state index in [1.165, 1.54) is 11.3 Å². The van der Waals surface area contributed by atoms with Crippen LogP contribution in [0.5, 0.6) is 17.2 Å². The van der Waals surface area contributed by atoms with Crippen molar-refractivity contribution >= 4 is 22.4 Å². The molecule has 0 aliphatic heterocycles. The Labute approximate surface area is 173 Å². The summed E-state index contributed by atoms with van der Waals surface area (Å²) in [5.74, 6) is 1.74. The number of carbonyl (C=O) groups excluding carboxylic acids is 1. The van der Waals surface area contributed by atoms with E-state index in [-0.39, 0.29) is 5.91 Å². The molecule has 0 radical (unpaired) electrons. The summed E-state index contributed by atoms with van der Waals surface area (Å²) in [5.41, 5.74) is 1.01. The van der Waals surface area contributed by atoms with Gasteiger partial charge in [-0.2, -0.15) is 0 Å². The van der Waals surface area contributed by atoms with Gasteiger partial charge in [-0.3, -0.25) is 10.1 Å². The van der Waals surface area contributed by atoms with Crippen LogP contribution in [-0.4, -0.2) is 36.4 Å². The van der Waals surface area contributed by atoms with Crippen molar-refractivity contribution in [2.24, 2.45) is 0 Å². The molecule has 8 heteroatoms. The van der Waals surface area contributed by atoms with Crippen LogP contribution in [0.1, 0.15) is 23.9 Å². The molecule has 2 aromatic carbocycles. The second kappa shape index (κ2) is 9.88. The highest BCUT2D eigenvalue weighted by molar-refractivity contribution is 7.15. The van der Waals surface area contributed by atoms with E-state index < -0.39 is 6.10 Å². The van der Waals surface area contributed by atoms with Crippen LogP contribution in [0, 0.1) is 0 Å². The van der Waals surface area contributed by atoms with Gasteiger partial charge in [0.15, 0.2) is 17.6 Å². The Morgan fingerprint density at radius 3 is 2.52 bits per heavy atom. The van der Waals surface area contributed by atoms with E-state index in [0.717, 1.165) is 10.6 Å². The Hall–Kier alpha value is -3.13. The summed E-state index contributed by atoms with van der Waals surface area (Å²) in [7, 11) is 3.20. The van der Waals surface area contributed by atoms with Crippen LogP contribution in [0.4, 0.5) is 5.13 Å². The van der Waals surface area contributed by atoms with E-state index in [4.69, 9.17) is 14.2 Å². The molecular weight excluding hydrogens is 390 g/mol. The Kier molecular flexibility index (Phi) is 7.02. The zero-order valence-electron chi connectivity index (χ0n) is 16.5. The fourth-order valence-electron chi connectivity index (χ4n) is 2.71. The molecule has 1 heterocycles. The van der Waals surface area contributed by atoms with Gasteiger partial charge in [0, 0.05) is 6.42 Å². The van der Waals surface area contributed by atoms with Gasteiger partial charge in [0.2, 0.25) is 5.13 Å². The van der Waals surface area contributed by atoms with Crippen LogP contribution in [0.25, 0.3) is 0 Å². The maximum Gasteiger partial charge on any atom is 0.267 e. The molecule has 0 aliphatic rings. The molecule has 0 aliphatic carbocycles. The summed E-state index contributed by atoms with van der Waals surface area (Å²) in [6, 6.07) is 15.0. The lowest BCUT2D eigenvalue weighted by atomic mass is 10.1. The number of para-hydroxylation sites is 1. The number of aromatic nitrogens is 2. The molecule has 1 N–H and O–H groups in total. The SMILES string of the molecule is CC[C@@H](Oc1ccccc1)C(=O)Nc1nnc(Cc2ccc(OC)c(OC)c2)s1. The average Bonchev–Trinajstić information content (AvgIpc) is 3.19. The van der Waals surface area contributed by atoms with Gasteiger partial charge < -0.3 is 14.2 Å². The van der Waals surface area contributed by atoms with E-state index >= 15 is 0 Å². The summed E-state index contributed by atoms with van der Waals surface area (Å²) in [6.45, 7) is 1.90. The van der Waals surface area contributed by atoms with Gasteiger partial charge in [0.1, 0.15) is 10.8 Å². The van der Waals surface area contributed by atoms with Gasteiger partial charge >= 0.3 is 0 Å². The summed E-state index contributed by atoms with van der Waals surface area (Å²) >= 11 is 1.33. The van der Waals surface area contributed by atoms with E-state index in [0.29, 0.717) is 35.2 Å². The molecule has 29 heavy (non-hydrogen) atoms. The van der Waals surface area contributed by atoms with Crippen LogP contribution >= 0.6 is 11.3 Å². The first-order valence-electron chi connectivity index (χ1n) is 9.18. The first-order valence-corrected chi connectivity index (χ1v) is 10.0. The number of methoxy groups -OCH3 is 2. The van der Waals surface area contributed by atoms with Crippen molar-refractivity contribution in [1.29, 1.82) is 0 Å². The van der Waals surface area contributed by atoms with Gasteiger partial charge in [0.25, 0.3) is 5.91 Å². The van der Waals surface area contributed by atoms with E-state index in [1.54, 1.807) is 14.2 Å². The third-order valence-corrected chi connectivity index (χ3v) is 5.02. The van der Waals surface area contributed by atoms with Gasteiger partial charge in [0.05, 0.1) is 14.2 Å². The minimum atomic E-state index is -0.601. The van der Waals surface area contributed by atoms with Crippen molar-refractivity contribution in [3.63, 3.8) is 0 Å². The molecule has 7 nitrogen and oxygen atoms in total. The summed E-state index contributed by atoms with van der Waals surface area (Å²) in [5, 5.41) is 12.3. The average molecular weight is 413 g/mol. The predicted octanol–water partition coefficient (Wildman–Crippen LogP) is 3.94.